The van der Waals surface area contributed by atoms with Gasteiger partial charge >= 0.3 is 0 Å². The molecule has 20 heavy (non-hydrogen) atoms. The Morgan fingerprint density at radius 3 is 3.00 bits per heavy atom. The van der Waals surface area contributed by atoms with Gasteiger partial charge in [-0.15, -0.1) is 11.6 Å². The van der Waals surface area contributed by atoms with Gasteiger partial charge < -0.3 is 9.88 Å². The molecule has 4 nitrogen and oxygen atoms in total. The third kappa shape index (κ3) is 2.66. The highest BCUT2D eigenvalue weighted by molar-refractivity contribution is 6.16. The molecular formula is C15H18ClN3O. The topological polar surface area (TPSA) is 46.9 Å². The number of hydrogen-bond acceptors (Lipinski definition) is 2. The second-order valence-electron chi connectivity index (χ2n) is 5.37. The van der Waals surface area contributed by atoms with Crippen LogP contribution in [0.15, 0.2) is 18.2 Å². The van der Waals surface area contributed by atoms with Gasteiger partial charge in [-0.25, -0.2) is 4.98 Å². The smallest absolute Gasteiger partial charge is 0.223 e. The Morgan fingerprint density at radius 1 is 1.50 bits per heavy atom. The molecule has 2 aromatic rings. The maximum absolute atomic E-state index is 11.6. The Kier molecular flexibility index (Phi) is 3.66. The number of halogens is 1. The fraction of sp³-hybridized carbons (Fsp3) is 0.467. The van der Waals surface area contributed by atoms with Gasteiger partial charge in [0.25, 0.3) is 0 Å². The zero-order valence-electron chi connectivity index (χ0n) is 11.5. The molecule has 1 aliphatic rings. The van der Waals surface area contributed by atoms with Crippen LogP contribution in [0.25, 0.3) is 11.0 Å². The number of carbonyl (C=O) groups is 1. The van der Waals surface area contributed by atoms with E-state index < -0.39 is 0 Å². The predicted octanol–water partition coefficient (Wildman–Crippen LogP) is 2.61. The molecule has 1 saturated carbocycles. The molecule has 1 aromatic heterocycles. The monoisotopic (exact) mass is 291 g/mol. The summed E-state index contributed by atoms with van der Waals surface area (Å²) in [6.07, 6.45) is 2.07. The van der Waals surface area contributed by atoms with Gasteiger partial charge in [0.15, 0.2) is 0 Å². The molecule has 0 aliphatic heterocycles. The van der Waals surface area contributed by atoms with Crippen LogP contribution < -0.4 is 5.32 Å². The summed E-state index contributed by atoms with van der Waals surface area (Å²) < 4.78 is 2.09. The van der Waals surface area contributed by atoms with Crippen LogP contribution in [-0.4, -0.2) is 22.0 Å². The number of carbonyl (C=O) groups excluding carboxylic acids is 1. The van der Waals surface area contributed by atoms with Crippen LogP contribution in [0, 0.1) is 12.8 Å². The number of benzene rings is 1. The van der Waals surface area contributed by atoms with Crippen molar-refractivity contribution in [3.8, 4) is 0 Å². The maximum Gasteiger partial charge on any atom is 0.223 e. The second kappa shape index (κ2) is 5.44. The van der Waals surface area contributed by atoms with Gasteiger partial charge in [0, 0.05) is 19.0 Å². The van der Waals surface area contributed by atoms with E-state index in [1.165, 1.54) is 5.56 Å². The van der Waals surface area contributed by atoms with Crippen molar-refractivity contribution in [1.29, 1.82) is 0 Å². The Morgan fingerprint density at radius 2 is 2.30 bits per heavy atom. The first-order chi connectivity index (χ1) is 9.69. The van der Waals surface area contributed by atoms with E-state index in [1.807, 2.05) is 0 Å². The number of fused-ring (bicyclic) bond motifs is 1. The number of amides is 1. The molecule has 106 valence electrons. The van der Waals surface area contributed by atoms with E-state index in [1.54, 1.807) is 0 Å². The standard InChI is InChI=1S/C15H18ClN3O/c1-10-2-5-13-12(8-10)18-14(9-16)19(13)7-6-17-15(20)11-3-4-11/h2,5,8,11H,3-4,6-7,9H2,1H3,(H,17,20). The largest absolute Gasteiger partial charge is 0.354 e. The molecule has 0 atom stereocenters. The molecule has 1 fully saturated rings. The fourth-order valence-corrected chi connectivity index (χ4v) is 2.63. The highest BCUT2D eigenvalue weighted by Gasteiger charge is 2.29. The SMILES string of the molecule is Cc1ccc2c(c1)nc(CCl)n2CCNC(=O)C1CC1. The highest BCUT2D eigenvalue weighted by Crippen LogP contribution is 2.28. The summed E-state index contributed by atoms with van der Waals surface area (Å²) in [6, 6.07) is 6.20. The van der Waals surface area contributed by atoms with Gasteiger partial charge in [0.1, 0.15) is 5.82 Å². The third-order valence-corrected chi connectivity index (χ3v) is 3.92. The molecule has 0 spiro atoms. The minimum atomic E-state index is 0.178. The number of hydrogen-bond donors (Lipinski definition) is 1. The molecule has 3 rings (SSSR count). The number of aromatic nitrogens is 2. The van der Waals surface area contributed by atoms with Crippen LogP contribution in [-0.2, 0) is 17.2 Å². The highest BCUT2D eigenvalue weighted by atomic mass is 35.5. The van der Waals surface area contributed by atoms with Crippen molar-refractivity contribution in [2.45, 2.75) is 32.2 Å². The molecule has 0 bridgehead atoms. The van der Waals surface area contributed by atoms with Gasteiger partial charge in [-0.1, -0.05) is 6.07 Å². The van der Waals surface area contributed by atoms with Crippen LogP contribution in [0.4, 0.5) is 0 Å². The molecule has 1 amide bonds. The van der Waals surface area contributed by atoms with E-state index in [2.05, 4.69) is 40.0 Å². The zero-order chi connectivity index (χ0) is 14.1. The lowest BCUT2D eigenvalue weighted by Gasteiger charge is -2.09. The summed E-state index contributed by atoms with van der Waals surface area (Å²) in [5, 5.41) is 2.98. The van der Waals surface area contributed by atoms with Crippen molar-refractivity contribution in [3.05, 3.63) is 29.6 Å². The van der Waals surface area contributed by atoms with Crippen LogP contribution >= 0.6 is 11.6 Å². The van der Waals surface area contributed by atoms with E-state index in [4.69, 9.17) is 11.6 Å². The van der Waals surface area contributed by atoms with E-state index in [9.17, 15) is 4.79 Å². The molecule has 1 aromatic carbocycles. The van der Waals surface area contributed by atoms with Gasteiger partial charge in [-0.2, -0.15) is 0 Å². The van der Waals surface area contributed by atoms with Crippen LogP contribution in [0.1, 0.15) is 24.2 Å². The number of nitrogens with one attached hydrogen (secondary N) is 1. The summed E-state index contributed by atoms with van der Waals surface area (Å²) in [6.45, 7) is 3.38. The van der Waals surface area contributed by atoms with Gasteiger partial charge in [-0.3, -0.25) is 4.79 Å². The van der Waals surface area contributed by atoms with Crippen molar-refractivity contribution in [2.24, 2.45) is 5.92 Å². The molecule has 1 N–H and O–H groups in total. The quantitative estimate of drug-likeness (QED) is 0.861. The summed E-state index contributed by atoms with van der Waals surface area (Å²) >= 11 is 5.97. The van der Waals surface area contributed by atoms with Crippen molar-refractivity contribution in [1.82, 2.24) is 14.9 Å². The number of nitrogens with zero attached hydrogens (tertiary/aromatic N) is 2. The average Bonchev–Trinajstić information content (AvgIpc) is 3.22. The van der Waals surface area contributed by atoms with Gasteiger partial charge in [0.2, 0.25) is 5.91 Å². The van der Waals surface area contributed by atoms with E-state index in [0.29, 0.717) is 19.0 Å². The van der Waals surface area contributed by atoms with Crippen molar-refractivity contribution < 1.29 is 4.79 Å². The van der Waals surface area contributed by atoms with E-state index in [-0.39, 0.29) is 11.8 Å². The first-order valence-corrected chi connectivity index (χ1v) is 7.52. The number of imidazole rings is 1. The first-order valence-electron chi connectivity index (χ1n) is 6.98. The molecule has 1 heterocycles. The number of alkyl halides is 1. The maximum atomic E-state index is 11.6. The Labute approximate surface area is 123 Å². The normalized spacial score (nSPS) is 14.7. The Hall–Kier alpha value is -1.55. The molecule has 0 saturated heterocycles. The number of aryl methyl sites for hydroxylation is 1. The number of rotatable bonds is 5. The van der Waals surface area contributed by atoms with E-state index >= 15 is 0 Å². The van der Waals surface area contributed by atoms with Gasteiger partial charge in [-0.05, 0) is 37.5 Å². The van der Waals surface area contributed by atoms with Crippen molar-refractivity contribution >= 4 is 28.5 Å². The van der Waals surface area contributed by atoms with Crippen LogP contribution in [0.2, 0.25) is 0 Å². The molecule has 0 radical (unpaired) electrons. The summed E-state index contributed by atoms with van der Waals surface area (Å²) in [4.78, 5) is 16.2. The predicted molar refractivity (Wildman–Crippen MR) is 79.8 cm³/mol. The second-order valence-corrected chi connectivity index (χ2v) is 5.64. The lowest BCUT2D eigenvalue weighted by molar-refractivity contribution is -0.122. The minimum absolute atomic E-state index is 0.178. The summed E-state index contributed by atoms with van der Waals surface area (Å²) in [7, 11) is 0. The first kappa shape index (κ1) is 13.4. The molecule has 0 unspecified atom stereocenters. The molecular weight excluding hydrogens is 274 g/mol. The van der Waals surface area contributed by atoms with Crippen LogP contribution in [0.3, 0.4) is 0 Å². The fourth-order valence-electron chi connectivity index (χ4n) is 2.42. The van der Waals surface area contributed by atoms with Crippen molar-refractivity contribution in [2.75, 3.05) is 6.54 Å². The Balaban J connectivity index is 1.76. The van der Waals surface area contributed by atoms with Crippen LogP contribution in [0.5, 0.6) is 0 Å². The van der Waals surface area contributed by atoms with E-state index in [0.717, 1.165) is 29.7 Å². The summed E-state index contributed by atoms with van der Waals surface area (Å²) in [5.41, 5.74) is 3.23. The lowest BCUT2D eigenvalue weighted by Crippen LogP contribution is -2.28. The summed E-state index contributed by atoms with van der Waals surface area (Å²) in [5.74, 6) is 1.67. The lowest BCUT2D eigenvalue weighted by atomic mass is 10.2. The third-order valence-electron chi connectivity index (χ3n) is 3.69. The zero-order valence-corrected chi connectivity index (χ0v) is 12.3. The van der Waals surface area contributed by atoms with Crippen molar-refractivity contribution in [3.63, 3.8) is 0 Å². The average molecular weight is 292 g/mol. The molecule has 5 heteroatoms. The van der Waals surface area contributed by atoms with Gasteiger partial charge in [0.05, 0.1) is 16.9 Å². The minimum Gasteiger partial charge on any atom is -0.354 e. The molecule has 1 aliphatic carbocycles. The Bertz CT molecular complexity index is 646.